The molecule has 0 aliphatic heterocycles. The van der Waals surface area contributed by atoms with Crippen LogP contribution in [0.5, 0.6) is 0 Å². The van der Waals surface area contributed by atoms with Crippen molar-refractivity contribution in [3.05, 3.63) is 22.7 Å². The second-order valence-corrected chi connectivity index (χ2v) is 3.28. The zero-order chi connectivity index (χ0) is 10.8. The van der Waals surface area contributed by atoms with Gasteiger partial charge in [-0.2, -0.15) is 15.4 Å². The van der Waals surface area contributed by atoms with Gasteiger partial charge >= 0.3 is 5.97 Å². The molecule has 6 heteroatoms. The molecule has 5 nitrogen and oxygen atoms in total. The van der Waals surface area contributed by atoms with Gasteiger partial charge in [-0.3, -0.25) is 0 Å². The third-order valence-corrected chi connectivity index (χ3v) is 2.17. The Morgan fingerprint density at radius 3 is 3.07 bits per heavy atom. The predicted molar refractivity (Wildman–Crippen MR) is 54.9 cm³/mol. The van der Waals surface area contributed by atoms with Crippen molar-refractivity contribution >= 4 is 28.6 Å². The van der Waals surface area contributed by atoms with Crippen LogP contribution in [-0.4, -0.2) is 28.0 Å². The molecule has 2 aromatic rings. The molecule has 1 aromatic heterocycles. The Balaban J connectivity index is 2.49. The first-order valence-corrected chi connectivity index (χ1v) is 4.77. The van der Waals surface area contributed by atoms with Crippen molar-refractivity contribution in [1.29, 1.82) is 0 Å². The van der Waals surface area contributed by atoms with Gasteiger partial charge in [0.15, 0.2) is 0 Å². The van der Waals surface area contributed by atoms with Gasteiger partial charge in [0, 0.05) is 0 Å². The summed E-state index contributed by atoms with van der Waals surface area (Å²) in [5, 5.41) is 10.5. The number of hydrogen-bond donors (Lipinski definition) is 1. The standard InChI is InChI=1S/C9H8ClN3O2/c1-2-15-9(14)5-3-6(10)8-7(4-5)11-13-12-8/h3-4H,2H2,1H3,(H,11,12,13). The number of hydrogen-bond acceptors (Lipinski definition) is 4. The molecule has 0 saturated heterocycles. The van der Waals surface area contributed by atoms with E-state index in [1.807, 2.05) is 0 Å². The molecule has 0 saturated carbocycles. The summed E-state index contributed by atoms with van der Waals surface area (Å²) in [5.74, 6) is -0.413. The van der Waals surface area contributed by atoms with Crippen molar-refractivity contribution in [3.63, 3.8) is 0 Å². The third-order valence-electron chi connectivity index (χ3n) is 1.89. The average Bonchev–Trinajstić information content (AvgIpc) is 2.66. The second-order valence-electron chi connectivity index (χ2n) is 2.87. The highest BCUT2D eigenvalue weighted by molar-refractivity contribution is 6.35. The number of nitrogens with one attached hydrogen (secondary N) is 1. The highest BCUT2D eigenvalue weighted by atomic mass is 35.5. The third kappa shape index (κ3) is 1.78. The maximum Gasteiger partial charge on any atom is 0.338 e. The zero-order valence-corrected chi connectivity index (χ0v) is 8.71. The normalized spacial score (nSPS) is 10.5. The molecule has 1 aromatic carbocycles. The average molecular weight is 226 g/mol. The highest BCUT2D eigenvalue weighted by Crippen LogP contribution is 2.22. The number of rotatable bonds is 2. The molecule has 0 atom stereocenters. The van der Waals surface area contributed by atoms with Crippen LogP contribution in [-0.2, 0) is 4.74 Å². The summed E-state index contributed by atoms with van der Waals surface area (Å²) >= 11 is 5.92. The maximum atomic E-state index is 11.4. The Morgan fingerprint density at radius 1 is 1.53 bits per heavy atom. The highest BCUT2D eigenvalue weighted by Gasteiger charge is 2.12. The molecule has 1 heterocycles. The molecule has 0 bridgehead atoms. The Labute approximate surface area is 90.4 Å². The van der Waals surface area contributed by atoms with Gasteiger partial charge in [-0.15, -0.1) is 0 Å². The van der Waals surface area contributed by atoms with Crippen molar-refractivity contribution in [2.75, 3.05) is 6.61 Å². The number of aromatic nitrogens is 3. The molecule has 0 unspecified atom stereocenters. The molecule has 0 fully saturated rings. The Kier molecular flexibility index (Phi) is 2.55. The van der Waals surface area contributed by atoms with Crippen LogP contribution in [0.2, 0.25) is 5.02 Å². The van der Waals surface area contributed by atoms with Crippen molar-refractivity contribution in [1.82, 2.24) is 15.4 Å². The summed E-state index contributed by atoms with van der Waals surface area (Å²) in [4.78, 5) is 11.4. The molecule has 0 radical (unpaired) electrons. The summed E-state index contributed by atoms with van der Waals surface area (Å²) < 4.78 is 4.85. The zero-order valence-electron chi connectivity index (χ0n) is 7.95. The van der Waals surface area contributed by atoms with Crippen molar-refractivity contribution in [3.8, 4) is 0 Å². The molecule has 0 amide bonds. The molecule has 0 spiro atoms. The minimum absolute atomic E-state index is 0.327. The lowest BCUT2D eigenvalue weighted by Gasteiger charge is -2.01. The number of H-pyrrole nitrogens is 1. The molecular weight excluding hydrogens is 218 g/mol. The lowest BCUT2D eigenvalue weighted by atomic mass is 10.2. The fourth-order valence-electron chi connectivity index (χ4n) is 1.24. The van der Waals surface area contributed by atoms with Crippen LogP contribution in [0, 0.1) is 0 Å². The van der Waals surface area contributed by atoms with Crippen LogP contribution in [0.4, 0.5) is 0 Å². The fraction of sp³-hybridized carbons (Fsp3) is 0.222. The van der Waals surface area contributed by atoms with E-state index in [4.69, 9.17) is 16.3 Å². The molecule has 2 rings (SSSR count). The van der Waals surface area contributed by atoms with Gasteiger partial charge in [-0.05, 0) is 19.1 Å². The second kappa shape index (κ2) is 3.86. The van der Waals surface area contributed by atoms with E-state index < -0.39 is 5.97 Å². The topological polar surface area (TPSA) is 67.9 Å². The van der Waals surface area contributed by atoms with E-state index in [-0.39, 0.29) is 0 Å². The number of esters is 1. The van der Waals surface area contributed by atoms with Gasteiger partial charge in [0.05, 0.1) is 17.2 Å². The molecule has 1 N–H and O–H groups in total. The summed E-state index contributed by atoms with van der Waals surface area (Å²) in [6.45, 7) is 2.07. The van der Waals surface area contributed by atoms with Crippen molar-refractivity contribution in [2.45, 2.75) is 6.92 Å². The van der Waals surface area contributed by atoms with E-state index in [9.17, 15) is 4.79 Å². The SMILES string of the molecule is CCOC(=O)c1cc(Cl)c2n[nH]nc2c1. The number of carbonyl (C=O) groups is 1. The monoisotopic (exact) mass is 225 g/mol. The molecule has 15 heavy (non-hydrogen) atoms. The first-order chi connectivity index (χ1) is 7.22. The van der Waals surface area contributed by atoms with Gasteiger partial charge in [0.2, 0.25) is 0 Å². The van der Waals surface area contributed by atoms with Gasteiger partial charge in [-0.25, -0.2) is 4.79 Å². The summed E-state index contributed by atoms with van der Waals surface area (Å²) in [5.41, 5.74) is 1.47. The Hall–Kier alpha value is -1.62. The van der Waals surface area contributed by atoms with E-state index in [1.54, 1.807) is 13.0 Å². The van der Waals surface area contributed by atoms with E-state index in [1.165, 1.54) is 6.07 Å². The number of carbonyl (C=O) groups excluding carboxylic acids is 1. The minimum atomic E-state index is -0.413. The van der Waals surface area contributed by atoms with E-state index in [2.05, 4.69) is 15.4 Å². The predicted octanol–water partition coefficient (Wildman–Crippen LogP) is 1.79. The summed E-state index contributed by atoms with van der Waals surface area (Å²) in [7, 11) is 0. The number of halogens is 1. The first-order valence-electron chi connectivity index (χ1n) is 4.39. The summed E-state index contributed by atoms with van der Waals surface area (Å²) in [6.07, 6.45) is 0. The van der Waals surface area contributed by atoms with Crippen LogP contribution >= 0.6 is 11.6 Å². The summed E-state index contributed by atoms with van der Waals surface area (Å²) in [6, 6.07) is 3.10. The fourth-order valence-corrected chi connectivity index (χ4v) is 1.50. The van der Waals surface area contributed by atoms with E-state index in [0.29, 0.717) is 28.2 Å². The number of nitrogens with zero attached hydrogens (tertiary/aromatic N) is 2. The molecule has 0 aliphatic rings. The van der Waals surface area contributed by atoms with E-state index >= 15 is 0 Å². The van der Waals surface area contributed by atoms with Crippen LogP contribution < -0.4 is 0 Å². The number of aromatic amines is 1. The van der Waals surface area contributed by atoms with E-state index in [0.717, 1.165) is 0 Å². The van der Waals surface area contributed by atoms with Gasteiger partial charge < -0.3 is 4.74 Å². The van der Waals surface area contributed by atoms with Gasteiger partial charge in [-0.1, -0.05) is 11.6 Å². The quantitative estimate of drug-likeness (QED) is 0.792. The largest absolute Gasteiger partial charge is 0.462 e. The van der Waals surface area contributed by atoms with Gasteiger partial charge in [0.1, 0.15) is 11.0 Å². The Bertz CT molecular complexity index is 509. The molecular formula is C9H8ClN3O2. The van der Waals surface area contributed by atoms with Crippen LogP contribution in [0.3, 0.4) is 0 Å². The van der Waals surface area contributed by atoms with Crippen molar-refractivity contribution in [2.24, 2.45) is 0 Å². The van der Waals surface area contributed by atoms with Crippen LogP contribution in [0.15, 0.2) is 12.1 Å². The lowest BCUT2D eigenvalue weighted by Crippen LogP contribution is -2.04. The number of ether oxygens (including phenoxy) is 1. The Morgan fingerprint density at radius 2 is 2.33 bits per heavy atom. The minimum Gasteiger partial charge on any atom is -0.462 e. The first kappa shape index (κ1) is 9.92. The number of benzene rings is 1. The smallest absolute Gasteiger partial charge is 0.338 e. The lowest BCUT2D eigenvalue weighted by molar-refractivity contribution is 0.0526. The maximum absolute atomic E-state index is 11.4. The van der Waals surface area contributed by atoms with Crippen LogP contribution in [0.1, 0.15) is 17.3 Å². The van der Waals surface area contributed by atoms with Crippen LogP contribution in [0.25, 0.3) is 11.0 Å². The van der Waals surface area contributed by atoms with Gasteiger partial charge in [0.25, 0.3) is 0 Å². The molecule has 78 valence electrons. The van der Waals surface area contributed by atoms with Crippen molar-refractivity contribution < 1.29 is 9.53 Å². The number of fused-ring (bicyclic) bond motifs is 1. The molecule has 0 aliphatic carbocycles.